The summed E-state index contributed by atoms with van der Waals surface area (Å²) < 4.78 is 15.7. The van der Waals surface area contributed by atoms with Crippen molar-refractivity contribution in [3.05, 3.63) is 23.3 Å². The average Bonchev–Trinajstić information content (AvgIpc) is 2.53. The minimum atomic E-state index is -0.360. The number of benzene rings is 1. The molecule has 0 aromatic heterocycles. The normalized spacial score (nSPS) is 15.8. The number of ether oxygens (including phenoxy) is 3. The molecule has 0 spiro atoms. The maximum atomic E-state index is 11.8. The number of hydrogen-bond acceptors (Lipinski definition) is 5. The van der Waals surface area contributed by atoms with Crippen LogP contribution in [0.1, 0.15) is 34.7 Å². The summed E-state index contributed by atoms with van der Waals surface area (Å²) in [5, 5.41) is 3.34. The highest BCUT2D eigenvalue weighted by molar-refractivity contribution is 5.90. The van der Waals surface area contributed by atoms with Crippen LogP contribution < -0.4 is 14.8 Å². The van der Waals surface area contributed by atoms with Crippen LogP contribution in [0.15, 0.2) is 12.1 Å². The van der Waals surface area contributed by atoms with E-state index in [0.717, 1.165) is 31.5 Å². The monoisotopic (exact) mass is 279 g/mol. The van der Waals surface area contributed by atoms with Crippen LogP contribution in [0.5, 0.6) is 11.5 Å². The van der Waals surface area contributed by atoms with E-state index in [1.54, 1.807) is 20.3 Å². The van der Waals surface area contributed by atoms with Crippen molar-refractivity contribution < 1.29 is 19.0 Å². The molecule has 110 valence electrons. The summed E-state index contributed by atoms with van der Waals surface area (Å²) >= 11 is 0. The Morgan fingerprint density at radius 2 is 1.85 bits per heavy atom. The van der Waals surface area contributed by atoms with E-state index in [1.807, 2.05) is 6.07 Å². The van der Waals surface area contributed by atoms with Crippen LogP contribution in [0.3, 0.4) is 0 Å². The molecule has 5 heteroatoms. The van der Waals surface area contributed by atoms with Gasteiger partial charge in [0.25, 0.3) is 0 Å². The molecule has 2 rings (SSSR count). The number of carbonyl (C=O) groups is 1. The lowest BCUT2D eigenvalue weighted by molar-refractivity contribution is 0.0600. The van der Waals surface area contributed by atoms with Gasteiger partial charge in [-0.15, -0.1) is 0 Å². The van der Waals surface area contributed by atoms with Gasteiger partial charge in [0.1, 0.15) is 0 Å². The SMILES string of the molecule is COC(=O)c1cc(OC)c(OC)c(C2CCNCC2)c1. The highest BCUT2D eigenvalue weighted by Crippen LogP contribution is 2.40. The largest absolute Gasteiger partial charge is 0.493 e. The second kappa shape index (κ2) is 6.61. The van der Waals surface area contributed by atoms with Gasteiger partial charge in [-0.2, -0.15) is 0 Å². The second-order valence-electron chi connectivity index (χ2n) is 4.82. The fourth-order valence-electron chi connectivity index (χ4n) is 2.67. The molecule has 1 aliphatic rings. The molecule has 20 heavy (non-hydrogen) atoms. The number of nitrogens with one attached hydrogen (secondary N) is 1. The molecule has 1 fully saturated rings. The number of carbonyl (C=O) groups excluding carboxylic acids is 1. The average molecular weight is 279 g/mol. The van der Waals surface area contributed by atoms with Crippen LogP contribution in [0.2, 0.25) is 0 Å². The molecule has 0 radical (unpaired) electrons. The van der Waals surface area contributed by atoms with Crippen LogP contribution >= 0.6 is 0 Å². The molecule has 1 aliphatic heterocycles. The molecule has 0 atom stereocenters. The maximum absolute atomic E-state index is 11.8. The van der Waals surface area contributed by atoms with Gasteiger partial charge >= 0.3 is 5.97 Å². The first kappa shape index (κ1) is 14.7. The zero-order valence-electron chi connectivity index (χ0n) is 12.2. The quantitative estimate of drug-likeness (QED) is 0.854. The summed E-state index contributed by atoms with van der Waals surface area (Å²) in [6.07, 6.45) is 2.04. The third-order valence-electron chi connectivity index (χ3n) is 3.71. The summed E-state index contributed by atoms with van der Waals surface area (Å²) in [5.41, 5.74) is 1.52. The number of piperidine rings is 1. The molecule has 0 saturated carbocycles. The van der Waals surface area contributed by atoms with Crippen LogP contribution in [-0.2, 0) is 4.74 Å². The van der Waals surface area contributed by atoms with Gasteiger partial charge in [-0.3, -0.25) is 0 Å². The molecule has 1 aromatic carbocycles. The van der Waals surface area contributed by atoms with E-state index >= 15 is 0 Å². The summed E-state index contributed by atoms with van der Waals surface area (Å²) in [6.45, 7) is 1.94. The molecule has 0 amide bonds. The van der Waals surface area contributed by atoms with Crippen LogP contribution in [0.4, 0.5) is 0 Å². The second-order valence-corrected chi connectivity index (χ2v) is 4.82. The molecule has 5 nitrogen and oxygen atoms in total. The first-order valence-electron chi connectivity index (χ1n) is 6.76. The summed E-state index contributed by atoms with van der Waals surface area (Å²) in [6, 6.07) is 3.53. The van der Waals surface area contributed by atoms with Gasteiger partial charge in [-0.05, 0) is 44.0 Å². The lowest BCUT2D eigenvalue weighted by Crippen LogP contribution is -2.27. The zero-order chi connectivity index (χ0) is 14.5. The van der Waals surface area contributed by atoms with Gasteiger partial charge in [0, 0.05) is 5.56 Å². The Morgan fingerprint density at radius 3 is 2.40 bits per heavy atom. The van der Waals surface area contributed by atoms with Gasteiger partial charge in [-0.1, -0.05) is 0 Å². The van der Waals surface area contributed by atoms with Crippen molar-refractivity contribution in [3.63, 3.8) is 0 Å². The Bertz CT molecular complexity index is 481. The van der Waals surface area contributed by atoms with Crippen molar-refractivity contribution in [2.45, 2.75) is 18.8 Å². The fourth-order valence-corrected chi connectivity index (χ4v) is 2.67. The minimum absolute atomic E-state index is 0.360. The van der Waals surface area contributed by atoms with Crippen molar-refractivity contribution in [1.82, 2.24) is 5.32 Å². The van der Waals surface area contributed by atoms with Gasteiger partial charge in [0.15, 0.2) is 11.5 Å². The lowest BCUT2D eigenvalue weighted by atomic mass is 9.88. The smallest absolute Gasteiger partial charge is 0.337 e. The van der Waals surface area contributed by atoms with E-state index in [1.165, 1.54) is 7.11 Å². The van der Waals surface area contributed by atoms with Gasteiger partial charge in [-0.25, -0.2) is 4.79 Å². The van der Waals surface area contributed by atoms with Crippen LogP contribution in [0, 0.1) is 0 Å². The Kier molecular flexibility index (Phi) is 4.84. The molecule has 1 saturated heterocycles. The highest BCUT2D eigenvalue weighted by Gasteiger charge is 2.24. The molecule has 0 unspecified atom stereocenters. The molecule has 1 N–H and O–H groups in total. The first-order valence-corrected chi connectivity index (χ1v) is 6.76. The molecular weight excluding hydrogens is 258 g/mol. The first-order chi connectivity index (χ1) is 9.71. The predicted octanol–water partition coefficient (Wildman–Crippen LogP) is 1.96. The van der Waals surface area contributed by atoms with Crippen molar-refractivity contribution >= 4 is 5.97 Å². The van der Waals surface area contributed by atoms with Crippen LogP contribution in [0.25, 0.3) is 0 Å². The molecular formula is C15H21NO4. The van der Waals surface area contributed by atoms with Crippen molar-refractivity contribution in [2.24, 2.45) is 0 Å². The lowest BCUT2D eigenvalue weighted by Gasteiger charge is -2.25. The maximum Gasteiger partial charge on any atom is 0.337 e. The minimum Gasteiger partial charge on any atom is -0.493 e. The van der Waals surface area contributed by atoms with E-state index in [-0.39, 0.29) is 5.97 Å². The third kappa shape index (κ3) is 2.88. The highest BCUT2D eigenvalue weighted by atomic mass is 16.5. The molecule has 1 aromatic rings. The summed E-state index contributed by atoms with van der Waals surface area (Å²) in [4.78, 5) is 11.8. The van der Waals surface area contributed by atoms with Gasteiger partial charge < -0.3 is 19.5 Å². The Hall–Kier alpha value is -1.75. The Balaban J connectivity index is 2.47. The predicted molar refractivity (Wildman–Crippen MR) is 75.7 cm³/mol. The van der Waals surface area contributed by atoms with Crippen LogP contribution in [-0.4, -0.2) is 40.4 Å². The van der Waals surface area contributed by atoms with E-state index in [9.17, 15) is 4.79 Å². The molecule has 0 aliphatic carbocycles. The van der Waals surface area contributed by atoms with Crippen molar-refractivity contribution in [1.29, 1.82) is 0 Å². The third-order valence-corrected chi connectivity index (χ3v) is 3.71. The standard InChI is InChI=1S/C15H21NO4/c1-18-13-9-11(15(17)20-3)8-12(14(13)19-2)10-4-6-16-7-5-10/h8-10,16H,4-7H2,1-3H3. The number of esters is 1. The van der Waals surface area contributed by atoms with Gasteiger partial charge in [0.05, 0.1) is 26.9 Å². The summed E-state index contributed by atoms with van der Waals surface area (Å²) in [7, 11) is 4.58. The Morgan fingerprint density at radius 1 is 1.15 bits per heavy atom. The van der Waals surface area contributed by atoms with Crippen molar-refractivity contribution in [2.75, 3.05) is 34.4 Å². The van der Waals surface area contributed by atoms with Crippen molar-refractivity contribution in [3.8, 4) is 11.5 Å². The number of rotatable bonds is 4. The molecule has 0 bridgehead atoms. The molecule has 1 heterocycles. The fraction of sp³-hybridized carbons (Fsp3) is 0.533. The zero-order valence-corrected chi connectivity index (χ0v) is 12.2. The van der Waals surface area contributed by atoms with E-state index in [4.69, 9.17) is 14.2 Å². The van der Waals surface area contributed by atoms with Gasteiger partial charge in [0.2, 0.25) is 0 Å². The van der Waals surface area contributed by atoms with E-state index < -0.39 is 0 Å². The summed E-state index contributed by atoms with van der Waals surface area (Å²) in [5.74, 6) is 1.29. The Labute approximate surface area is 119 Å². The number of methoxy groups -OCH3 is 3. The number of hydrogen-bond donors (Lipinski definition) is 1. The van der Waals surface area contributed by atoms with E-state index in [0.29, 0.717) is 23.0 Å². The van der Waals surface area contributed by atoms with E-state index in [2.05, 4.69) is 5.32 Å². The topological polar surface area (TPSA) is 56.8 Å².